The first kappa shape index (κ1) is 14.7. The molecule has 4 nitrogen and oxygen atoms in total. The van der Waals surface area contributed by atoms with Crippen molar-refractivity contribution in [3.8, 4) is 0 Å². The molecule has 0 N–H and O–H groups in total. The zero-order valence-electron chi connectivity index (χ0n) is 13.7. The molecule has 2 atom stereocenters. The lowest BCUT2D eigenvalue weighted by Gasteiger charge is -2.36. The van der Waals surface area contributed by atoms with E-state index in [1.165, 1.54) is 12.8 Å². The van der Waals surface area contributed by atoms with Crippen molar-refractivity contribution in [2.75, 3.05) is 19.6 Å². The molecule has 3 heterocycles. The van der Waals surface area contributed by atoms with Crippen LogP contribution in [0.5, 0.6) is 0 Å². The van der Waals surface area contributed by atoms with E-state index in [1.807, 2.05) is 36.1 Å². The molecule has 0 unspecified atom stereocenters. The van der Waals surface area contributed by atoms with Gasteiger partial charge < -0.3 is 9.80 Å². The second-order valence-electron chi connectivity index (χ2n) is 7.44. The van der Waals surface area contributed by atoms with Gasteiger partial charge in [-0.2, -0.15) is 0 Å². The summed E-state index contributed by atoms with van der Waals surface area (Å²) in [6.07, 6.45) is 4.49. The number of benzene rings is 1. The number of amides is 2. The van der Waals surface area contributed by atoms with Crippen molar-refractivity contribution in [1.82, 2.24) is 9.80 Å². The molecular weight excluding hydrogens is 288 g/mol. The molecule has 1 aromatic carbocycles. The van der Waals surface area contributed by atoms with E-state index in [2.05, 4.69) is 4.90 Å². The SMILES string of the molecule is Cc1ccc(C(=O)N2C[C@H]3CC[C@@H](C2)N(CC2CC2)C3=O)cc1. The summed E-state index contributed by atoms with van der Waals surface area (Å²) < 4.78 is 0. The second kappa shape index (κ2) is 5.66. The Balaban J connectivity index is 1.53. The van der Waals surface area contributed by atoms with Crippen molar-refractivity contribution >= 4 is 11.8 Å². The molecule has 122 valence electrons. The smallest absolute Gasteiger partial charge is 0.253 e. The topological polar surface area (TPSA) is 40.6 Å². The highest BCUT2D eigenvalue weighted by Gasteiger charge is 2.43. The van der Waals surface area contributed by atoms with E-state index >= 15 is 0 Å². The number of nitrogens with zero attached hydrogens (tertiary/aromatic N) is 2. The van der Waals surface area contributed by atoms with Crippen LogP contribution in [0.3, 0.4) is 0 Å². The predicted octanol–water partition coefficient (Wildman–Crippen LogP) is 2.47. The molecule has 1 saturated carbocycles. The Bertz CT molecular complexity index is 621. The maximum Gasteiger partial charge on any atom is 0.253 e. The number of carbonyl (C=O) groups is 2. The van der Waals surface area contributed by atoms with Crippen LogP contribution in [-0.4, -0.2) is 47.3 Å². The van der Waals surface area contributed by atoms with Crippen LogP contribution in [0, 0.1) is 18.8 Å². The molecule has 0 radical (unpaired) electrons. The molecule has 1 aliphatic carbocycles. The normalized spacial score (nSPS) is 27.3. The van der Waals surface area contributed by atoms with E-state index in [0.29, 0.717) is 19.0 Å². The average Bonchev–Trinajstić information content (AvgIpc) is 3.38. The van der Waals surface area contributed by atoms with E-state index in [4.69, 9.17) is 0 Å². The number of piperidine rings is 1. The Morgan fingerprint density at radius 1 is 1.09 bits per heavy atom. The van der Waals surface area contributed by atoms with Gasteiger partial charge in [-0.1, -0.05) is 17.7 Å². The van der Waals surface area contributed by atoms with Crippen LogP contribution in [0.25, 0.3) is 0 Å². The van der Waals surface area contributed by atoms with Crippen LogP contribution in [0.2, 0.25) is 0 Å². The van der Waals surface area contributed by atoms with Gasteiger partial charge in [-0.15, -0.1) is 0 Å². The molecule has 23 heavy (non-hydrogen) atoms. The van der Waals surface area contributed by atoms with E-state index in [1.54, 1.807) is 0 Å². The highest BCUT2D eigenvalue weighted by Crippen LogP contribution is 2.35. The van der Waals surface area contributed by atoms with Crippen LogP contribution < -0.4 is 0 Å². The lowest BCUT2D eigenvalue weighted by molar-refractivity contribution is -0.140. The van der Waals surface area contributed by atoms with Crippen molar-refractivity contribution in [2.24, 2.45) is 11.8 Å². The highest BCUT2D eigenvalue weighted by atomic mass is 16.2. The molecule has 3 aliphatic heterocycles. The second-order valence-corrected chi connectivity index (χ2v) is 7.44. The maximum absolute atomic E-state index is 12.8. The highest BCUT2D eigenvalue weighted by molar-refractivity contribution is 5.95. The summed E-state index contributed by atoms with van der Waals surface area (Å²) in [5.41, 5.74) is 1.89. The first-order valence-electron chi connectivity index (χ1n) is 8.78. The first-order chi connectivity index (χ1) is 11.1. The van der Waals surface area contributed by atoms with Gasteiger partial charge in [0.2, 0.25) is 5.91 Å². The van der Waals surface area contributed by atoms with Gasteiger partial charge in [-0.05, 0) is 50.7 Å². The molecule has 0 aromatic heterocycles. The molecule has 5 rings (SSSR count). The monoisotopic (exact) mass is 312 g/mol. The van der Waals surface area contributed by atoms with Gasteiger partial charge in [0.05, 0.1) is 5.92 Å². The van der Waals surface area contributed by atoms with Crippen molar-refractivity contribution < 1.29 is 9.59 Å². The molecule has 4 fully saturated rings. The van der Waals surface area contributed by atoms with Crippen LogP contribution in [0.15, 0.2) is 24.3 Å². The largest absolute Gasteiger partial charge is 0.337 e. The Hall–Kier alpha value is -1.84. The predicted molar refractivity (Wildman–Crippen MR) is 88.0 cm³/mol. The molecule has 0 spiro atoms. The third-order valence-electron chi connectivity index (χ3n) is 5.53. The standard InChI is InChI=1S/C19H24N2O2/c1-13-2-6-15(7-3-13)18(22)20-11-16-8-9-17(12-20)21(19(16)23)10-14-4-5-14/h2-3,6-7,14,16-17H,4-5,8-12H2,1H3/t16-,17+/m1/s1. The van der Waals surface area contributed by atoms with Crippen molar-refractivity contribution in [2.45, 2.75) is 38.6 Å². The number of fused-ring (bicyclic) bond motifs is 4. The Morgan fingerprint density at radius 3 is 2.52 bits per heavy atom. The number of hydrogen-bond donors (Lipinski definition) is 0. The number of hydrogen-bond acceptors (Lipinski definition) is 2. The minimum atomic E-state index is 0.00176. The van der Waals surface area contributed by atoms with Gasteiger partial charge in [0.1, 0.15) is 0 Å². The number of rotatable bonds is 3. The molecular formula is C19H24N2O2. The van der Waals surface area contributed by atoms with E-state index < -0.39 is 0 Å². The van der Waals surface area contributed by atoms with Crippen LogP contribution in [-0.2, 0) is 4.79 Å². The Morgan fingerprint density at radius 2 is 1.83 bits per heavy atom. The fourth-order valence-electron chi connectivity index (χ4n) is 3.90. The van der Waals surface area contributed by atoms with Crippen molar-refractivity contribution in [1.29, 1.82) is 0 Å². The van der Waals surface area contributed by atoms with Gasteiger partial charge in [0, 0.05) is 31.2 Å². The van der Waals surface area contributed by atoms with Gasteiger partial charge in [-0.25, -0.2) is 0 Å². The Labute approximate surface area is 137 Å². The zero-order valence-corrected chi connectivity index (χ0v) is 13.7. The van der Waals surface area contributed by atoms with Gasteiger partial charge in [-0.3, -0.25) is 9.59 Å². The van der Waals surface area contributed by atoms with Gasteiger partial charge in [0.25, 0.3) is 5.91 Å². The van der Waals surface area contributed by atoms with Gasteiger partial charge >= 0.3 is 0 Å². The summed E-state index contributed by atoms with van der Waals surface area (Å²) in [6, 6.07) is 7.97. The maximum atomic E-state index is 12.8. The number of carbonyl (C=O) groups excluding carboxylic acids is 2. The van der Waals surface area contributed by atoms with E-state index in [0.717, 1.165) is 30.5 Å². The third kappa shape index (κ3) is 2.87. The summed E-state index contributed by atoms with van der Waals surface area (Å²) >= 11 is 0. The van der Waals surface area contributed by atoms with Crippen LogP contribution >= 0.6 is 0 Å². The molecule has 3 saturated heterocycles. The Kier molecular flexibility index (Phi) is 3.63. The molecule has 4 aliphatic rings. The van der Waals surface area contributed by atoms with Gasteiger partial charge in [0.15, 0.2) is 0 Å². The minimum absolute atomic E-state index is 0.00176. The minimum Gasteiger partial charge on any atom is -0.337 e. The summed E-state index contributed by atoms with van der Waals surface area (Å²) in [5.74, 6) is 1.07. The summed E-state index contributed by atoms with van der Waals surface area (Å²) in [4.78, 5) is 29.5. The lowest BCUT2D eigenvalue weighted by Crippen LogP contribution is -2.48. The van der Waals surface area contributed by atoms with Crippen LogP contribution in [0.1, 0.15) is 41.6 Å². The van der Waals surface area contributed by atoms with Crippen LogP contribution in [0.4, 0.5) is 0 Å². The zero-order chi connectivity index (χ0) is 16.0. The molecule has 4 heteroatoms. The fraction of sp³-hybridized carbons (Fsp3) is 0.579. The molecule has 2 bridgehead atoms. The summed E-state index contributed by atoms with van der Waals surface area (Å²) in [6.45, 7) is 4.21. The number of aryl methyl sites for hydroxylation is 1. The third-order valence-corrected chi connectivity index (χ3v) is 5.53. The molecule has 2 amide bonds. The summed E-state index contributed by atoms with van der Waals surface area (Å²) in [5, 5.41) is 0. The molecule has 1 aromatic rings. The van der Waals surface area contributed by atoms with Crippen molar-refractivity contribution in [3.05, 3.63) is 35.4 Å². The van der Waals surface area contributed by atoms with E-state index in [9.17, 15) is 9.59 Å². The first-order valence-corrected chi connectivity index (χ1v) is 8.78. The van der Waals surface area contributed by atoms with Crippen molar-refractivity contribution in [3.63, 3.8) is 0 Å². The average molecular weight is 312 g/mol. The van der Waals surface area contributed by atoms with E-state index in [-0.39, 0.29) is 23.8 Å². The lowest BCUT2D eigenvalue weighted by atomic mass is 9.94. The fourth-order valence-corrected chi connectivity index (χ4v) is 3.90. The summed E-state index contributed by atoms with van der Waals surface area (Å²) in [7, 11) is 0. The quantitative estimate of drug-likeness (QED) is 0.860.